The third kappa shape index (κ3) is 3.65. The second-order valence-electron chi connectivity index (χ2n) is 9.20. The van der Waals surface area contributed by atoms with Gasteiger partial charge in [0.15, 0.2) is 5.11 Å². The molecule has 3 aliphatic heterocycles. The maximum Gasteiger partial charge on any atom is 0.337 e. The Bertz CT molecular complexity index is 853. The van der Waals surface area contributed by atoms with E-state index in [1.807, 2.05) is 12.1 Å². The number of nitrogens with zero attached hydrogens (tertiary/aromatic N) is 2. The van der Waals surface area contributed by atoms with E-state index in [0.717, 1.165) is 29.3 Å². The lowest BCUT2D eigenvalue weighted by Gasteiger charge is -2.55. The number of likely N-dealkylation sites (tertiary alicyclic amines) is 1. The zero-order valence-corrected chi connectivity index (χ0v) is 18.5. The van der Waals surface area contributed by atoms with Gasteiger partial charge in [-0.1, -0.05) is 18.1 Å². The zero-order valence-electron chi connectivity index (χ0n) is 17.7. The molecular weight excluding hydrogens is 394 g/mol. The van der Waals surface area contributed by atoms with E-state index in [2.05, 4.69) is 21.2 Å². The second-order valence-corrected chi connectivity index (χ2v) is 9.59. The van der Waals surface area contributed by atoms with Gasteiger partial charge in [0.2, 0.25) is 0 Å². The van der Waals surface area contributed by atoms with Crippen LogP contribution >= 0.6 is 12.2 Å². The summed E-state index contributed by atoms with van der Waals surface area (Å²) in [4.78, 5) is 16.9. The second kappa shape index (κ2) is 8.31. The van der Waals surface area contributed by atoms with Gasteiger partial charge >= 0.3 is 5.97 Å². The number of carbonyl (C=O) groups is 1. The van der Waals surface area contributed by atoms with Crippen molar-refractivity contribution in [1.29, 1.82) is 0 Å². The lowest BCUT2D eigenvalue weighted by molar-refractivity contribution is 0.0132. The van der Waals surface area contributed by atoms with Crippen LogP contribution in [0.1, 0.15) is 48.9 Å². The Morgan fingerprint density at radius 1 is 1.17 bits per heavy atom. The lowest BCUT2D eigenvalue weighted by atomic mass is 9.68. The first-order valence-corrected chi connectivity index (χ1v) is 11.8. The number of esters is 1. The summed E-state index contributed by atoms with van der Waals surface area (Å²) < 4.78 is 4.78. The minimum absolute atomic E-state index is 0.319. The normalized spacial score (nSPS) is 30.6. The van der Waals surface area contributed by atoms with Crippen molar-refractivity contribution in [3.05, 3.63) is 41.5 Å². The number of thiocarbonyl (C=S) groups is 1. The molecule has 1 aliphatic carbocycles. The Labute approximate surface area is 184 Å². The average molecular weight is 426 g/mol. The van der Waals surface area contributed by atoms with E-state index in [0.29, 0.717) is 17.5 Å². The van der Waals surface area contributed by atoms with E-state index in [1.54, 1.807) is 17.7 Å². The maximum absolute atomic E-state index is 11.7. The van der Waals surface area contributed by atoms with Gasteiger partial charge in [0.05, 0.1) is 18.7 Å². The van der Waals surface area contributed by atoms with E-state index in [9.17, 15) is 4.79 Å². The van der Waals surface area contributed by atoms with E-state index in [1.165, 1.54) is 58.7 Å². The van der Waals surface area contributed by atoms with E-state index in [-0.39, 0.29) is 5.97 Å². The van der Waals surface area contributed by atoms with Gasteiger partial charge in [-0.15, -0.1) is 0 Å². The summed E-state index contributed by atoms with van der Waals surface area (Å²) in [5.41, 5.74) is 3.09. The fourth-order valence-electron chi connectivity index (χ4n) is 6.20. The van der Waals surface area contributed by atoms with E-state index < -0.39 is 0 Å². The Morgan fingerprint density at radius 2 is 2.00 bits per heavy atom. The first-order chi connectivity index (χ1) is 14.6. The van der Waals surface area contributed by atoms with Crippen molar-refractivity contribution >= 4 is 29.0 Å². The molecule has 3 saturated heterocycles. The van der Waals surface area contributed by atoms with Crippen LogP contribution in [0.2, 0.25) is 0 Å². The van der Waals surface area contributed by atoms with Gasteiger partial charge in [-0.3, -0.25) is 4.90 Å². The summed E-state index contributed by atoms with van der Waals surface area (Å²) in [7, 11) is 1.40. The van der Waals surface area contributed by atoms with Crippen LogP contribution in [0.4, 0.5) is 5.69 Å². The molecule has 0 aromatic heterocycles. The largest absolute Gasteiger partial charge is 0.465 e. The first kappa shape index (κ1) is 20.0. The fourth-order valence-corrected chi connectivity index (χ4v) is 6.53. The van der Waals surface area contributed by atoms with Crippen LogP contribution in [0.25, 0.3) is 0 Å². The third-order valence-electron chi connectivity index (χ3n) is 7.48. The SMILES string of the molecule is COC(=O)c1ccc(NC(=S)N2CCCC3=C[C@H]4C[C@H](CN5CCCC[C@H]45)[C@@H]32)cc1. The number of hydrogen-bond acceptors (Lipinski definition) is 4. The molecular formula is C24H31N3O2S. The van der Waals surface area contributed by atoms with Gasteiger partial charge in [0.1, 0.15) is 0 Å². The molecule has 5 rings (SSSR count). The highest BCUT2D eigenvalue weighted by molar-refractivity contribution is 7.80. The number of ether oxygens (including phenoxy) is 1. The molecule has 160 valence electrons. The highest BCUT2D eigenvalue weighted by Crippen LogP contribution is 2.45. The van der Waals surface area contributed by atoms with Crippen LogP contribution in [0.15, 0.2) is 35.9 Å². The van der Waals surface area contributed by atoms with Gasteiger partial charge in [0, 0.05) is 24.8 Å². The average Bonchev–Trinajstić information content (AvgIpc) is 2.78. The van der Waals surface area contributed by atoms with Gasteiger partial charge in [-0.2, -0.15) is 0 Å². The molecule has 1 aromatic rings. The Balaban J connectivity index is 1.33. The minimum Gasteiger partial charge on any atom is -0.465 e. The molecule has 0 saturated carbocycles. The Morgan fingerprint density at radius 3 is 2.80 bits per heavy atom. The molecule has 4 aliphatic rings. The summed E-state index contributed by atoms with van der Waals surface area (Å²) in [6.07, 6.45) is 10.4. The van der Waals surface area contributed by atoms with Gasteiger partial charge in [0.25, 0.3) is 0 Å². The van der Waals surface area contributed by atoms with Crippen LogP contribution in [0, 0.1) is 11.8 Å². The molecule has 0 radical (unpaired) electrons. The monoisotopic (exact) mass is 425 g/mol. The highest BCUT2D eigenvalue weighted by Gasteiger charge is 2.46. The van der Waals surface area contributed by atoms with Crippen LogP contribution < -0.4 is 5.32 Å². The van der Waals surface area contributed by atoms with Gasteiger partial charge in [-0.25, -0.2) is 4.79 Å². The standard InChI is InChI=1S/C24H31N3O2S/c1-29-23(28)16-7-9-20(10-8-16)25-24(30)27-12-4-5-17-13-18-14-19(22(17)27)15-26-11-3-2-6-21(18)26/h7-10,13,18-19,21-22H,2-6,11-12,14-15H2,1H3,(H,25,30)/t18-,19+,21+,22+/m0/s1. The number of carbonyl (C=O) groups excluding carboxylic acids is 1. The van der Waals surface area contributed by atoms with E-state index >= 15 is 0 Å². The number of fused-ring (bicyclic) bond motifs is 6. The topological polar surface area (TPSA) is 44.8 Å². The Hall–Kier alpha value is -1.92. The van der Waals surface area contributed by atoms with Crippen molar-refractivity contribution in [1.82, 2.24) is 9.80 Å². The maximum atomic E-state index is 11.7. The molecule has 3 heterocycles. The molecule has 0 spiro atoms. The van der Waals surface area contributed by atoms with E-state index in [4.69, 9.17) is 17.0 Å². The zero-order chi connectivity index (χ0) is 20.7. The molecule has 2 bridgehead atoms. The molecule has 3 fully saturated rings. The molecule has 4 atom stereocenters. The molecule has 6 heteroatoms. The summed E-state index contributed by atoms with van der Waals surface area (Å²) in [5, 5.41) is 4.22. The molecule has 0 amide bonds. The van der Waals surface area contributed by atoms with Crippen molar-refractivity contribution < 1.29 is 9.53 Å². The van der Waals surface area contributed by atoms with Crippen LogP contribution in [0.5, 0.6) is 0 Å². The highest BCUT2D eigenvalue weighted by atomic mass is 32.1. The van der Waals surface area contributed by atoms with Gasteiger partial charge < -0.3 is 15.0 Å². The lowest BCUT2D eigenvalue weighted by Crippen LogP contribution is -2.60. The minimum atomic E-state index is -0.319. The summed E-state index contributed by atoms with van der Waals surface area (Å²) in [6.45, 7) is 3.50. The first-order valence-electron chi connectivity index (χ1n) is 11.3. The molecule has 0 unspecified atom stereocenters. The quantitative estimate of drug-likeness (QED) is 0.438. The number of piperidine rings is 3. The number of nitrogens with one attached hydrogen (secondary N) is 1. The number of rotatable bonds is 2. The van der Waals surface area contributed by atoms with Crippen molar-refractivity contribution in [2.75, 3.05) is 32.1 Å². The Kier molecular flexibility index (Phi) is 5.54. The number of hydrogen-bond donors (Lipinski definition) is 1. The molecule has 5 nitrogen and oxygen atoms in total. The summed E-state index contributed by atoms with van der Waals surface area (Å²) >= 11 is 5.88. The number of benzene rings is 1. The summed E-state index contributed by atoms with van der Waals surface area (Å²) in [6, 6.07) is 8.57. The molecule has 30 heavy (non-hydrogen) atoms. The predicted molar refractivity (Wildman–Crippen MR) is 123 cm³/mol. The molecule has 1 aromatic carbocycles. The van der Waals surface area contributed by atoms with Crippen LogP contribution in [-0.2, 0) is 4.74 Å². The fraction of sp³-hybridized carbons (Fsp3) is 0.583. The van der Waals surface area contributed by atoms with Crippen molar-refractivity contribution in [2.45, 2.75) is 50.6 Å². The number of methoxy groups -OCH3 is 1. The van der Waals surface area contributed by atoms with Gasteiger partial charge in [-0.05, 0) is 87.0 Å². The molecule has 1 N–H and O–H groups in total. The van der Waals surface area contributed by atoms with Crippen LogP contribution in [-0.4, -0.2) is 59.7 Å². The van der Waals surface area contributed by atoms with Crippen molar-refractivity contribution in [3.8, 4) is 0 Å². The number of anilines is 1. The van der Waals surface area contributed by atoms with Crippen molar-refractivity contribution in [2.24, 2.45) is 11.8 Å². The summed E-state index contributed by atoms with van der Waals surface area (Å²) in [5.74, 6) is 1.09. The van der Waals surface area contributed by atoms with Crippen molar-refractivity contribution in [3.63, 3.8) is 0 Å². The van der Waals surface area contributed by atoms with Crippen LogP contribution in [0.3, 0.4) is 0 Å². The smallest absolute Gasteiger partial charge is 0.337 e. The third-order valence-corrected chi connectivity index (χ3v) is 7.81. The predicted octanol–water partition coefficient (Wildman–Crippen LogP) is 4.07.